The van der Waals surface area contributed by atoms with Crippen molar-refractivity contribution in [2.45, 2.75) is 82.9 Å². The largest absolute Gasteiger partial charge is 0.465 e. The number of rotatable bonds is 11. The van der Waals surface area contributed by atoms with Gasteiger partial charge in [0.05, 0.1) is 6.61 Å². The fourth-order valence-electron chi connectivity index (χ4n) is 1.75. The molecule has 0 atom stereocenters. The van der Waals surface area contributed by atoms with Crippen LogP contribution in [0.25, 0.3) is 0 Å². The molecule has 0 amide bonds. The first-order chi connectivity index (χ1) is 8.48. The maximum atomic E-state index is 11.4. The quantitative estimate of drug-likeness (QED) is 0.296. The minimum absolute atomic E-state index is 0.165. The van der Waals surface area contributed by atoms with Gasteiger partial charge in [0.15, 0.2) is 0 Å². The van der Waals surface area contributed by atoms with Crippen molar-refractivity contribution in [2.75, 3.05) is 6.61 Å². The molecule has 0 spiro atoms. The molecule has 0 aliphatic carbocycles. The van der Waals surface area contributed by atoms with Crippen LogP contribution in [0.2, 0.25) is 0 Å². The first-order valence-corrected chi connectivity index (χ1v) is 8.14. The number of carbonyl (C=O) groups is 1. The van der Waals surface area contributed by atoms with Crippen molar-refractivity contribution in [2.24, 2.45) is 0 Å². The van der Waals surface area contributed by atoms with Gasteiger partial charge in [-0.15, -0.1) is 0 Å². The average molecular weight is 321 g/mol. The first kappa shape index (κ1) is 17.9. The number of halogens is 1. The van der Waals surface area contributed by atoms with E-state index in [1.165, 1.54) is 51.4 Å². The molecule has 0 bridgehead atoms. The zero-order valence-corrected chi connectivity index (χ0v) is 13.9. The van der Waals surface area contributed by atoms with Crippen LogP contribution in [0, 0.1) is 0 Å². The van der Waals surface area contributed by atoms with E-state index in [-0.39, 0.29) is 5.97 Å². The molecule has 18 heavy (non-hydrogen) atoms. The molecule has 108 valence electrons. The SMILES string of the molecule is CCCCCCCCCCCOC(=O)C(C)(C)Br. The molecule has 3 heteroatoms. The van der Waals surface area contributed by atoms with Gasteiger partial charge in [-0.3, -0.25) is 4.79 Å². The minimum atomic E-state index is -0.549. The summed E-state index contributed by atoms with van der Waals surface area (Å²) in [6, 6.07) is 0. The van der Waals surface area contributed by atoms with Gasteiger partial charge in [0.2, 0.25) is 0 Å². The van der Waals surface area contributed by atoms with Gasteiger partial charge in [-0.05, 0) is 20.3 Å². The van der Waals surface area contributed by atoms with Crippen LogP contribution in [0.3, 0.4) is 0 Å². The lowest BCUT2D eigenvalue weighted by molar-refractivity contribution is -0.145. The van der Waals surface area contributed by atoms with E-state index in [2.05, 4.69) is 22.9 Å². The lowest BCUT2D eigenvalue weighted by Crippen LogP contribution is -2.26. The number of hydrogen-bond acceptors (Lipinski definition) is 2. The van der Waals surface area contributed by atoms with Crippen LogP contribution in [-0.4, -0.2) is 16.9 Å². The van der Waals surface area contributed by atoms with Gasteiger partial charge in [-0.2, -0.15) is 0 Å². The van der Waals surface area contributed by atoms with Crippen molar-refractivity contribution in [3.05, 3.63) is 0 Å². The summed E-state index contributed by atoms with van der Waals surface area (Å²) in [7, 11) is 0. The van der Waals surface area contributed by atoms with E-state index in [1.807, 2.05) is 13.8 Å². The Bertz CT molecular complexity index is 209. The second-order valence-electron chi connectivity index (χ2n) is 5.44. The fourth-order valence-corrected chi connectivity index (χ4v) is 1.86. The summed E-state index contributed by atoms with van der Waals surface area (Å²) in [5.41, 5.74) is 0. The molecule has 0 radical (unpaired) electrons. The van der Waals surface area contributed by atoms with Crippen molar-refractivity contribution >= 4 is 21.9 Å². The molecule has 0 unspecified atom stereocenters. The zero-order valence-electron chi connectivity index (χ0n) is 12.3. The predicted molar refractivity (Wildman–Crippen MR) is 81.2 cm³/mol. The number of ether oxygens (including phenoxy) is 1. The summed E-state index contributed by atoms with van der Waals surface area (Å²) >= 11 is 3.29. The molecule has 0 N–H and O–H groups in total. The molecule has 0 aliphatic rings. The smallest absolute Gasteiger partial charge is 0.322 e. The highest BCUT2D eigenvalue weighted by Gasteiger charge is 2.24. The number of hydrogen-bond donors (Lipinski definition) is 0. The average Bonchev–Trinajstić information content (AvgIpc) is 2.30. The van der Waals surface area contributed by atoms with Gasteiger partial charge in [-0.1, -0.05) is 74.2 Å². The maximum absolute atomic E-state index is 11.4. The molecule has 0 aromatic heterocycles. The molecule has 0 heterocycles. The Balaban J connectivity index is 3.19. The van der Waals surface area contributed by atoms with Crippen molar-refractivity contribution in [3.8, 4) is 0 Å². The second-order valence-corrected chi connectivity index (χ2v) is 7.42. The van der Waals surface area contributed by atoms with Gasteiger partial charge < -0.3 is 4.74 Å². The van der Waals surface area contributed by atoms with E-state index in [9.17, 15) is 4.79 Å². The molecular weight excluding hydrogens is 292 g/mol. The van der Waals surface area contributed by atoms with Crippen LogP contribution in [0.1, 0.15) is 78.6 Å². The van der Waals surface area contributed by atoms with Crippen LogP contribution >= 0.6 is 15.9 Å². The first-order valence-electron chi connectivity index (χ1n) is 7.34. The molecule has 0 saturated heterocycles. The third kappa shape index (κ3) is 11.1. The third-order valence-corrected chi connectivity index (χ3v) is 3.29. The number of unbranched alkanes of at least 4 members (excludes halogenated alkanes) is 8. The highest BCUT2D eigenvalue weighted by molar-refractivity contribution is 9.10. The fraction of sp³-hybridized carbons (Fsp3) is 0.933. The summed E-state index contributed by atoms with van der Waals surface area (Å²) in [5, 5.41) is 0. The molecule has 0 aliphatic heterocycles. The van der Waals surface area contributed by atoms with Crippen LogP contribution in [0.5, 0.6) is 0 Å². The van der Waals surface area contributed by atoms with Crippen LogP contribution in [0.15, 0.2) is 0 Å². The summed E-state index contributed by atoms with van der Waals surface area (Å²) in [5.74, 6) is -0.165. The van der Waals surface area contributed by atoms with Crippen molar-refractivity contribution < 1.29 is 9.53 Å². The molecular formula is C15H29BrO2. The van der Waals surface area contributed by atoms with Gasteiger partial charge in [0, 0.05) is 0 Å². The van der Waals surface area contributed by atoms with Gasteiger partial charge >= 0.3 is 5.97 Å². The molecule has 0 saturated carbocycles. The molecule has 0 aromatic rings. The van der Waals surface area contributed by atoms with E-state index < -0.39 is 4.32 Å². The normalized spacial score (nSPS) is 11.6. The molecule has 2 nitrogen and oxygen atoms in total. The van der Waals surface area contributed by atoms with Crippen LogP contribution in [0.4, 0.5) is 0 Å². The van der Waals surface area contributed by atoms with E-state index in [1.54, 1.807) is 0 Å². The molecule has 0 aromatic carbocycles. The number of carbonyl (C=O) groups excluding carboxylic acids is 1. The number of alkyl halides is 1. The van der Waals surface area contributed by atoms with Crippen LogP contribution < -0.4 is 0 Å². The topological polar surface area (TPSA) is 26.3 Å². The minimum Gasteiger partial charge on any atom is -0.465 e. The third-order valence-electron chi connectivity index (χ3n) is 2.97. The Morgan fingerprint density at radius 2 is 1.39 bits per heavy atom. The Morgan fingerprint density at radius 3 is 1.83 bits per heavy atom. The van der Waals surface area contributed by atoms with Gasteiger partial charge in [-0.25, -0.2) is 0 Å². The monoisotopic (exact) mass is 320 g/mol. The Hall–Kier alpha value is -0.0500. The predicted octanol–water partition coefficient (Wildman–Crippen LogP) is 5.23. The maximum Gasteiger partial charge on any atom is 0.322 e. The van der Waals surface area contributed by atoms with Crippen molar-refractivity contribution in [3.63, 3.8) is 0 Å². The molecule has 0 fully saturated rings. The summed E-state index contributed by atoms with van der Waals surface area (Å²) in [4.78, 5) is 11.4. The Labute approximate surface area is 121 Å². The van der Waals surface area contributed by atoms with Gasteiger partial charge in [0.25, 0.3) is 0 Å². The number of esters is 1. The summed E-state index contributed by atoms with van der Waals surface area (Å²) in [6.45, 7) is 6.43. The van der Waals surface area contributed by atoms with Gasteiger partial charge in [0.1, 0.15) is 4.32 Å². The standard InChI is InChI=1S/C15H29BrO2/c1-4-5-6-7-8-9-10-11-12-13-18-14(17)15(2,3)16/h4-13H2,1-3H3. The molecule has 0 rings (SSSR count). The highest BCUT2D eigenvalue weighted by atomic mass is 79.9. The van der Waals surface area contributed by atoms with E-state index in [0.717, 1.165) is 6.42 Å². The summed E-state index contributed by atoms with van der Waals surface area (Å²) in [6.07, 6.45) is 11.5. The lowest BCUT2D eigenvalue weighted by atomic mass is 10.1. The zero-order chi connectivity index (χ0) is 13.9. The van der Waals surface area contributed by atoms with E-state index in [0.29, 0.717) is 6.61 Å². The Kier molecular flexibility index (Phi) is 10.8. The lowest BCUT2D eigenvalue weighted by Gasteiger charge is -2.14. The second kappa shape index (κ2) is 10.8. The van der Waals surface area contributed by atoms with E-state index >= 15 is 0 Å². The van der Waals surface area contributed by atoms with Crippen molar-refractivity contribution in [1.29, 1.82) is 0 Å². The summed E-state index contributed by atoms with van der Waals surface area (Å²) < 4.78 is 4.63. The Morgan fingerprint density at radius 1 is 0.944 bits per heavy atom. The van der Waals surface area contributed by atoms with Crippen LogP contribution in [-0.2, 0) is 9.53 Å². The van der Waals surface area contributed by atoms with E-state index in [4.69, 9.17) is 4.74 Å². The highest BCUT2D eigenvalue weighted by Crippen LogP contribution is 2.17. The van der Waals surface area contributed by atoms with Crippen molar-refractivity contribution in [1.82, 2.24) is 0 Å².